The Kier molecular flexibility index (Phi) is 9.38. The van der Waals surface area contributed by atoms with E-state index in [0.29, 0.717) is 33.2 Å². The number of anilines is 1. The Morgan fingerprint density at radius 1 is 1.15 bits per heavy atom. The minimum absolute atomic E-state index is 0.171. The maximum absolute atomic E-state index is 16.0. The highest BCUT2D eigenvalue weighted by atomic mass is 32.2. The molecule has 39 heavy (non-hydrogen) atoms. The molecule has 0 bridgehead atoms. The van der Waals surface area contributed by atoms with E-state index in [-0.39, 0.29) is 23.5 Å². The van der Waals surface area contributed by atoms with E-state index in [1.807, 2.05) is 19.9 Å². The van der Waals surface area contributed by atoms with Gasteiger partial charge in [-0.25, -0.2) is 18.6 Å². The molecule has 0 aliphatic heterocycles. The van der Waals surface area contributed by atoms with Crippen molar-refractivity contribution in [2.45, 2.75) is 70.4 Å². The van der Waals surface area contributed by atoms with E-state index < -0.39 is 23.2 Å². The van der Waals surface area contributed by atoms with Crippen molar-refractivity contribution in [2.75, 3.05) is 11.8 Å². The van der Waals surface area contributed by atoms with Crippen molar-refractivity contribution >= 4 is 34.9 Å². The lowest BCUT2D eigenvalue weighted by Crippen LogP contribution is -2.19. The standard InChI is InChI=1S/C29H34F2N2O4S2/c1-15(2)17-6-8-18(9-7-17)19-10-11-20(26(31)27(19)37-16(3)4)28-32-25(14-38-28)39-33-23-13-22(30)21(29(34)35)12-24(23)36-5/h10-18,33H,6-9H2,1-5H3,(H,34,35)/t17-,18+. The van der Waals surface area contributed by atoms with Crippen LogP contribution in [0.25, 0.3) is 10.6 Å². The molecule has 4 rings (SSSR count). The third-order valence-corrected chi connectivity index (χ3v) is 8.90. The molecule has 2 aromatic carbocycles. The summed E-state index contributed by atoms with van der Waals surface area (Å²) < 4.78 is 44.4. The van der Waals surface area contributed by atoms with Crippen LogP contribution in [0.1, 0.15) is 75.2 Å². The predicted molar refractivity (Wildman–Crippen MR) is 152 cm³/mol. The van der Waals surface area contributed by atoms with E-state index in [1.54, 1.807) is 11.4 Å². The van der Waals surface area contributed by atoms with Gasteiger partial charge in [0.2, 0.25) is 0 Å². The van der Waals surface area contributed by atoms with Crippen LogP contribution in [0.3, 0.4) is 0 Å². The summed E-state index contributed by atoms with van der Waals surface area (Å²) in [5.74, 6) is -0.536. The molecule has 0 atom stereocenters. The molecule has 1 fully saturated rings. The molecular formula is C29H34F2N2O4S2. The molecule has 1 heterocycles. The number of halogens is 2. The fourth-order valence-corrected chi connectivity index (χ4v) is 6.62. The Labute approximate surface area is 236 Å². The van der Waals surface area contributed by atoms with E-state index in [4.69, 9.17) is 14.6 Å². The first-order valence-electron chi connectivity index (χ1n) is 13.1. The van der Waals surface area contributed by atoms with Crippen LogP contribution in [0.4, 0.5) is 14.5 Å². The summed E-state index contributed by atoms with van der Waals surface area (Å²) in [5.41, 5.74) is 1.08. The van der Waals surface area contributed by atoms with Gasteiger partial charge in [0.05, 0.1) is 30.0 Å². The first kappa shape index (κ1) is 29.1. The van der Waals surface area contributed by atoms with Gasteiger partial charge in [0.1, 0.15) is 21.6 Å². The number of nitrogens with zero attached hydrogens (tertiary/aromatic N) is 1. The summed E-state index contributed by atoms with van der Waals surface area (Å²) in [6.45, 7) is 8.34. The molecule has 0 radical (unpaired) electrons. The third kappa shape index (κ3) is 6.66. The zero-order valence-electron chi connectivity index (χ0n) is 22.7. The highest BCUT2D eigenvalue weighted by Gasteiger charge is 2.29. The molecule has 6 nitrogen and oxygen atoms in total. The number of carboxylic acid groups (broad SMARTS) is 1. The fourth-order valence-electron chi connectivity index (χ4n) is 5.01. The second kappa shape index (κ2) is 12.6. The minimum Gasteiger partial charge on any atom is -0.495 e. The highest BCUT2D eigenvalue weighted by molar-refractivity contribution is 8.00. The molecule has 1 saturated carbocycles. The van der Waals surface area contributed by atoms with Crippen molar-refractivity contribution in [3.8, 4) is 22.1 Å². The molecule has 0 unspecified atom stereocenters. The number of methoxy groups -OCH3 is 1. The number of ether oxygens (including phenoxy) is 2. The summed E-state index contributed by atoms with van der Waals surface area (Å²) in [6.07, 6.45) is 4.16. The fraction of sp³-hybridized carbons (Fsp3) is 0.448. The number of benzene rings is 2. The van der Waals surface area contributed by atoms with Gasteiger partial charge in [-0.3, -0.25) is 0 Å². The van der Waals surface area contributed by atoms with Gasteiger partial charge < -0.3 is 19.3 Å². The maximum atomic E-state index is 16.0. The van der Waals surface area contributed by atoms with Crippen molar-refractivity contribution in [1.82, 2.24) is 4.98 Å². The Balaban J connectivity index is 1.55. The normalized spacial score (nSPS) is 17.5. The first-order chi connectivity index (χ1) is 18.6. The van der Waals surface area contributed by atoms with Gasteiger partial charge in [0.15, 0.2) is 11.6 Å². The monoisotopic (exact) mass is 576 g/mol. The molecular weight excluding hydrogens is 542 g/mol. The number of aromatic carboxylic acids is 1. The van der Waals surface area contributed by atoms with E-state index in [0.717, 1.165) is 55.3 Å². The molecule has 0 spiro atoms. The van der Waals surface area contributed by atoms with Crippen LogP contribution in [-0.4, -0.2) is 29.3 Å². The van der Waals surface area contributed by atoms with Crippen LogP contribution in [0.5, 0.6) is 11.5 Å². The molecule has 3 aromatic rings. The van der Waals surface area contributed by atoms with Crippen LogP contribution < -0.4 is 14.2 Å². The van der Waals surface area contributed by atoms with Gasteiger partial charge in [0.25, 0.3) is 0 Å². The summed E-state index contributed by atoms with van der Waals surface area (Å²) in [5, 5.41) is 11.9. The minimum atomic E-state index is -1.38. The predicted octanol–water partition coefficient (Wildman–Crippen LogP) is 8.63. The van der Waals surface area contributed by atoms with E-state index in [9.17, 15) is 9.18 Å². The SMILES string of the molecule is COc1cc(C(=O)O)c(F)cc1NSc1csc(-c2ccc([C@H]3CC[C@@H](C(C)C)CC3)c(OC(C)C)c2F)n1. The van der Waals surface area contributed by atoms with Crippen molar-refractivity contribution in [3.63, 3.8) is 0 Å². The topological polar surface area (TPSA) is 80.7 Å². The molecule has 0 amide bonds. The molecule has 10 heteroatoms. The lowest BCUT2D eigenvalue weighted by molar-refractivity contribution is 0.0691. The van der Waals surface area contributed by atoms with E-state index in [1.165, 1.54) is 18.4 Å². The van der Waals surface area contributed by atoms with Gasteiger partial charge in [-0.2, -0.15) is 0 Å². The molecule has 0 saturated heterocycles. The number of carboxylic acids is 1. The van der Waals surface area contributed by atoms with Gasteiger partial charge in [-0.05, 0) is 69.4 Å². The lowest BCUT2D eigenvalue weighted by Gasteiger charge is -2.32. The summed E-state index contributed by atoms with van der Waals surface area (Å²) >= 11 is 2.39. The molecule has 1 aliphatic carbocycles. The van der Waals surface area contributed by atoms with E-state index in [2.05, 4.69) is 23.6 Å². The number of rotatable bonds is 10. The Bertz CT molecular complexity index is 1320. The second-order valence-corrected chi connectivity index (χ2v) is 12.1. The molecule has 210 valence electrons. The number of carbonyl (C=O) groups is 1. The largest absolute Gasteiger partial charge is 0.495 e. The Hall–Kier alpha value is -2.85. The van der Waals surface area contributed by atoms with Gasteiger partial charge in [-0.15, -0.1) is 11.3 Å². The van der Waals surface area contributed by atoms with Gasteiger partial charge in [0, 0.05) is 29.0 Å². The van der Waals surface area contributed by atoms with Crippen molar-refractivity contribution in [3.05, 3.63) is 52.4 Å². The van der Waals surface area contributed by atoms with Gasteiger partial charge in [-0.1, -0.05) is 19.9 Å². The lowest BCUT2D eigenvalue weighted by atomic mass is 9.74. The number of nitrogens with one attached hydrogen (secondary N) is 1. The van der Waals surface area contributed by atoms with Crippen LogP contribution in [0.2, 0.25) is 0 Å². The number of hydrogen-bond donors (Lipinski definition) is 2. The third-order valence-electron chi connectivity index (χ3n) is 7.13. The Morgan fingerprint density at radius 3 is 2.49 bits per heavy atom. The van der Waals surface area contributed by atoms with Crippen molar-refractivity contribution in [1.29, 1.82) is 0 Å². The number of hydrogen-bond acceptors (Lipinski definition) is 7. The summed E-state index contributed by atoms with van der Waals surface area (Å²) in [4.78, 5) is 15.8. The summed E-state index contributed by atoms with van der Waals surface area (Å²) in [6, 6.07) is 5.96. The van der Waals surface area contributed by atoms with Gasteiger partial charge >= 0.3 is 5.97 Å². The molecule has 1 aliphatic rings. The van der Waals surface area contributed by atoms with Crippen molar-refractivity contribution in [2.24, 2.45) is 11.8 Å². The molecule has 2 N–H and O–H groups in total. The maximum Gasteiger partial charge on any atom is 0.338 e. The zero-order chi connectivity index (χ0) is 28.3. The average Bonchev–Trinajstić information content (AvgIpc) is 3.37. The smallest absolute Gasteiger partial charge is 0.338 e. The second-order valence-electron chi connectivity index (χ2n) is 10.4. The zero-order valence-corrected chi connectivity index (χ0v) is 24.3. The highest BCUT2D eigenvalue weighted by Crippen LogP contribution is 2.45. The first-order valence-corrected chi connectivity index (χ1v) is 14.8. The Morgan fingerprint density at radius 2 is 1.87 bits per heavy atom. The van der Waals surface area contributed by atoms with E-state index >= 15 is 4.39 Å². The number of aromatic nitrogens is 1. The number of thiazole rings is 1. The molecule has 1 aromatic heterocycles. The quantitative estimate of drug-likeness (QED) is 0.234. The average molecular weight is 577 g/mol. The van der Waals surface area contributed by atoms with Crippen LogP contribution in [0, 0.1) is 23.5 Å². The van der Waals surface area contributed by atoms with Crippen molar-refractivity contribution < 1.29 is 28.2 Å². The van der Waals surface area contributed by atoms with Crippen LogP contribution >= 0.6 is 23.3 Å². The van der Waals surface area contributed by atoms with Crippen LogP contribution in [-0.2, 0) is 0 Å². The summed E-state index contributed by atoms with van der Waals surface area (Å²) in [7, 11) is 1.37. The van der Waals surface area contributed by atoms with Crippen LogP contribution in [0.15, 0.2) is 34.7 Å².